The van der Waals surface area contributed by atoms with E-state index in [9.17, 15) is 14.4 Å². The normalized spacial score (nSPS) is 12.2. The van der Waals surface area contributed by atoms with Gasteiger partial charge in [-0.1, -0.05) is 83.5 Å². The zero-order valence-corrected chi connectivity index (χ0v) is 22.3. The summed E-state index contributed by atoms with van der Waals surface area (Å²) in [5.74, 6) is -0.798. The maximum atomic E-state index is 13.2. The van der Waals surface area contributed by atoms with Crippen molar-refractivity contribution in [2.24, 2.45) is 0 Å². The second-order valence-corrected chi connectivity index (χ2v) is 9.10. The van der Waals surface area contributed by atoms with Crippen molar-refractivity contribution in [3.05, 3.63) is 100 Å². The highest BCUT2D eigenvalue weighted by Crippen LogP contribution is 2.31. The van der Waals surface area contributed by atoms with Gasteiger partial charge in [0.2, 0.25) is 5.91 Å². The molecule has 3 rings (SSSR count). The molecule has 3 aromatic rings. The Balaban J connectivity index is 1.77. The van der Waals surface area contributed by atoms with Gasteiger partial charge in [-0.2, -0.15) is 0 Å². The van der Waals surface area contributed by atoms with Crippen LogP contribution in [0, 0.1) is 0 Å². The Morgan fingerprint density at radius 1 is 0.946 bits per heavy atom. The summed E-state index contributed by atoms with van der Waals surface area (Å²) < 4.78 is 10.9. The van der Waals surface area contributed by atoms with Gasteiger partial charge < -0.3 is 20.1 Å². The first-order valence-corrected chi connectivity index (χ1v) is 12.6. The lowest BCUT2D eigenvalue weighted by Gasteiger charge is -2.24. The van der Waals surface area contributed by atoms with Gasteiger partial charge >= 0.3 is 12.1 Å². The van der Waals surface area contributed by atoms with E-state index < -0.39 is 24.1 Å². The number of carbonyl (C=O) groups is 3. The maximum Gasteiger partial charge on any atom is 0.408 e. The third kappa shape index (κ3) is 8.44. The number of rotatable bonds is 11. The van der Waals surface area contributed by atoms with E-state index >= 15 is 0 Å². The molecule has 0 aromatic heterocycles. The van der Waals surface area contributed by atoms with Gasteiger partial charge in [-0.3, -0.25) is 14.9 Å². The monoisotopic (exact) mass is 567 g/mol. The summed E-state index contributed by atoms with van der Waals surface area (Å²) in [7, 11) is 1.33. The van der Waals surface area contributed by atoms with E-state index in [-0.39, 0.29) is 19.1 Å². The van der Waals surface area contributed by atoms with Gasteiger partial charge in [-0.05, 0) is 41.3 Å². The molecule has 0 aliphatic rings. The molecule has 9 heteroatoms. The number of methoxy groups -OCH3 is 1. The molecule has 0 radical (unpaired) electrons. The van der Waals surface area contributed by atoms with Gasteiger partial charge in [0.25, 0.3) is 0 Å². The molecule has 0 fully saturated rings. The largest absolute Gasteiger partial charge is 0.468 e. The van der Waals surface area contributed by atoms with E-state index in [2.05, 4.69) is 31.9 Å². The second kappa shape index (κ2) is 14.2. The zero-order valence-electron chi connectivity index (χ0n) is 20.7. The summed E-state index contributed by atoms with van der Waals surface area (Å²) in [5, 5.41) is 8.79. The first kappa shape index (κ1) is 27.9. The number of ether oxygens (including phenoxy) is 2. The van der Waals surface area contributed by atoms with Crippen molar-refractivity contribution in [3.8, 4) is 0 Å². The fourth-order valence-corrected chi connectivity index (χ4v) is 4.06. The lowest BCUT2D eigenvalue weighted by atomic mass is 9.96. The number of hydrogen-bond acceptors (Lipinski definition) is 6. The van der Waals surface area contributed by atoms with Gasteiger partial charge in [0.1, 0.15) is 12.6 Å². The van der Waals surface area contributed by atoms with Crippen LogP contribution in [0.15, 0.2) is 83.3 Å². The van der Waals surface area contributed by atoms with E-state index in [1.165, 1.54) is 7.11 Å². The van der Waals surface area contributed by atoms with Gasteiger partial charge in [-0.15, -0.1) is 0 Å². The minimum absolute atomic E-state index is 0.0254. The molecule has 0 bridgehead atoms. The molecule has 0 spiro atoms. The van der Waals surface area contributed by atoms with Crippen LogP contribution in [-0.2, 0) is 25.7 Å². The van der Waals surface area contributed by atoms with Crippen molar-refractivity contribution < 1.29 is 23.9 Å². The minimum Gasteiger partial charge on any atom is -0.468 e. The SMILES string of the molecule is CC[C@H](NC(=O)OCc1ccccc1)C(=O)Nc1ccc(Br)cc1[C@@H](NCC(=O)OC)c1ccccc1. The van der Waals surface area contributed by atoms with E-state index in [1.807, 2.05) is 72.8 Å². The lowest BCUT2D eigenvalue weighted by molar-refractivity contribution is -0.139. The van der Waals surface area contributed by atoms with Crippen LogP contribution in [0.3, 0.4) is 0 Å². The number of anilines is 1. The zero-order chi connectivity index (χ0) is 26.6. The summed E-state index contributed by atoms with van der Waals surface area (Å²) in [4.78, 5) is 37.4. The number of halogens is 1. The molecular weight excluding hydrogens is 538 g/mol. The van der Waals surface area contributed by atoms with Crippen LogP contribution < -0.4 is 16.0 Å². The summed E-state index contributed by atoms with van der Waals surface area (Å²) in [6, 6.07) is 23.1. The maximum absolute atomic E-state index is 13.2. The molecule has 194 valence electrons. The predicted molar refractivity (Wildman–Crippen MR) is 145 cm³/mol. The standard InChI is InChI=1S/C28H30BrN3O5/c1-3-23(32-28(35)37-18-19-10-6-4-7-11-19)27(34)31-24-15-14-21(29)16-22(24)26(30-17-25(33)36-2)20-12-8-5-9-13-20/h4-16,23,26,30H,3,17-18H2,1-2H3,(H,31,34)(H,32,35)/t23-,26-/m0/s1. The summed E-state index contributed by atoms with van der Waals surface area (Å²) in [6.45, 7) is 1.88. The second-order valence-electron chi connectivity index (χ2n) is 8.19. The molecular formula is C28H30BrN3O5. The number of benzene rings is 3. The molecule has 0 unspecified atom stereocenters. The molecule has 0 heterocycles. The third-order valence-electron chi connectivity index (χ3n) is 5.62. The Hall–Kier alpha value is -3.69. The molecule has 0 aliphatic heterocycles. The topological polar surface area (TPSA) is 106 Å². The minimum atomic E-state index is -0.807. The van der Waals surface area contributed by atoms with Crippen LogP contribution in [0.4, 0.5) is 10.5 Å². The van der Waals surface area contributed by atoms with Crippen LogP contribution in [-0.4, -0.2) is 37.7 Å². The average molecular weight is 568 g/mol. The highest BCUT2D eigenvalue weighted by atomic mass is 79.9. The van der Waals surface area contributed by atoms with Crippen molar-refractivity contribution in [2.45, 2.75) is 32.0 Å². The molecule has 8 nitrogen and oxygen atoms in total. The van der Waals surface area contributed by atoms with Crippen LogP contribution >= 0.6 is 15.9 Å². The average Bonchev–Trinajstić information content (AvgIpc) is 2.92. The smallest absolute Gasteiger partial charge is 0.408 e. The Kier molecular flexibility index (Phi) is 10.7. The molecule has 2 amide bonds. The van der Waals surface area contributed by atoms with Crippen LogP contribution in [0.2, 0.25) is 0 Å². The molecule has 0 saturated carbocycles. The van der Waals surface area contributed by atoms with Crippen LogP contribution in [0.5, 0.6) is 0 Å². The first-order valence-electron chi connectivity index (χ1n) is 11.8. The Morgan fingerprint density at radius 3 is 2.27 bits per heavy atom. The fourth-order valence-electron chi connectivity index (χ4n) is 3.68. The molecule has 0 aliphatic carbocycles. The number of nitrogens with one attached hydrogen (secondary N) is 3. The molecule has 0 saturated heterocycles. The lowest BCUT2D eigenvalue weighted by Crippen LogP contribution is -2.43. The van der Waals surface area contributed by atoms with Crippen molar-refractivity contribution in [3.63, 3.8) is 0 Å². The predicted octanol–water partition coefficient (Wildman–Crippen LogP) is 4.94. The number of carbonyl (C=O) groups excluding carboxylic acids is 3. The number of amides is 2. The fraction of sp³-hybridized carbons (Fsp3) is 0.250. The number of hydrogen-bond donors (Lipinski definition) is 3. The number of alkyl carbamates (subject to hydrolysis) is 1. The van der Waals surface area contributed by atoms with Gasteiger partial charge in [0, 0.05) is 10.2 Å². The molecule has 2 atom stereocenters. The van der Waals surface area contributed by atoms with Gasteiger partial charge in [0.15, 0.2) is 0 Å². The summed E-state index contributed by atoms with van der Waals surface area (Å²) in [5.41, 5.74) is 3.02. The summed E-state index contributed by atoms with van der Waals surface area (Å²) in [6.07, 6.45) is -0.315. The highest BCUT2D eigenvalue weighted by Gasteiger charge is 2.24. The highest BCUT2D eigenvalue weighted by molar-refractivity contribution is 9.10. The Labute approximate surface area is 224 Å². The van der Waals surface area contributed by atoms with E-state index in [4.69, 9.17) is 9.47 Å². The summed E-state index contributed by atoms with van der Waals surface area (Å²) >= 11 is 3.50. The van der Waals surface area contributed by atoms with Crippen molar-refractivity contribution >= 4 is 39.6 Å². The van der Waals surface area contributed by atoms with Gasteiger partial charge in [-0.25, -0.2) is 4.79 Å². The van der Waals surface area contributed by atoms with E-state index in [0.717, 1.165) is 21.2 Å². The van der Waals surface area contributed by atoms with Crippen molar-refractivity contribution in [1.82, 2.24) is 10.6 Å². The van der Waals surface area contributed by atoms with Crippen LogP contribution in [0.1, 0.15) is 36.1 Å². The third-order valence-corrected chi connectivity index (χ3v) is 6.12. The van der Waals surface area contributed by atoms with Crippen molar-refractivity contribution in [2.75, 3.05) is 19.0 Å². The Morgan fingerprint density at radius 2 is 1.62 bits per heavy atom. The van der Waals surface area contributed by atoms with E-state index in [1.54, 1.807) is 13.0 Å². The van der Waals surface area contributed by atoms with E-state index in [0.29, 0.717) is 12.1 Å². The molecule has 3 aromatic carbocycles. The Bertz CT molecular complexity index is 1190. The van der Waals surface area contributed by atoms with Gasteiger partial charge in [0.05, 0.1) is 19.7 Å². The van der Waals surface area contributed by atoms with Crippen molar-refractivity contribution in [1.29, 1.82) is 0 Å². The molecule has 3 N–H and O–H groups in total. The quantitative estimate of drug-likeness (QED) is 0.283. The van der Waals surface area contributed by atoms with Crippen LogP contribution in [0.25, 0.3) is 0 Å². The molecule has 37 heavy (non-hydrogen) atoms. The first-order chi connectivity index (χ1) is 17.9. The number of esters is 1.